The molecule has 84 valence electrons. The summed E-state index contributed by atoms with van der Waals surface area (Å²) in [6, 6.07) is 3.81. The van der Waals surface area contributed by atoms with E-state index in [0.29, 0.717) is 5.82 Å². The molecule has 0 saturated heterocycles. The van der Waals surface area contributed by atoms with Crippen LogP contribution in [0.1, 0.15) is 24.3 Å². The molecule has 0 aliphatic rings. The molecule has 0 radical (unpaired) electrons. The minimum atomic E-state index is 0.0444. The number of anilines is 2. The molecule has 16 heavy (non-hydrogen) atoms. The monoisotopic (exact) mass is 218 g/mol. The number of furan rings is 1. The van der Waals surface area contributed by atoms with Crippen LogP contribution in [0.5, 0.6) is 0 Å². The van der Waals surface area contributed by atoms with Crippen LogP contribution in [0.3, 0.4) is 0 Å². The third-order valence-electron chi connectivity index (χ3n) is 2.45. The van der Waals surface area contributed by atoms with E-state index in [1.165, 1.54) is 6.33 Å². The van der Waals surface area contributed by atoms with Crippen molar-refractivity contribution in [2.24, 2.45) is 0 Å². The van der Waals surface area contributed by atoms with Crippen LogP contribution in [-0.2, 0) is 0 Å². The lowest BCUT2D eigenvalue weighted by Crippen LogP contribution is -2.10. The largest absolute Gasteiger partial charge is 0.467 e. The first kappa shape index (κ1) is 10.5. The molecule has 3 N–H and O–H groups in total. The molecule has 1 atom stereocenters. The lowest BCUT2D eigenvalue weighted by atomic mass is 10.2. The maximum absolute atomic E-state index is 5.70. The van der Waals surface area contributed by atoms with E-state index in [-0.39, 0.29) is 6.04 Å². The Kier molecular flexibility index (Phi) is 2.76. The summed E-state index contributed by atoms with van der Waals surface area (Å²) < 4.78 is 5.30. The molecule has 2 aromatic heterocycles. The molecule has 0 amide bonds. The van der Waals surface area contributed by atoms with Crippen molar-refractivity contribution in [3.63, 3.8) is 0 Å². The third kappa shape index (κ3) is 1.98. The van der Waals surface area contributed by atoms with Crippen LogP contribution in [0, 0.1) is 6.92 Å². The van der Waals surface area contributed by atoms with Gasteiger partial charge in [-0.1, -0.05) is 0 Å². The normalized spacial score (nSPS) is 12.4. The quantitative estimate of drug-likeness (QED) is 0.825. The first-order valence-corrected chi connectivity index (χ1v) is 5.05. The molecule has 0 fully saturated rings. The van der Waals surface area contributed by atoms with Gasteiger partial charge in [-0.25, -0.2) is 9.97 Å². The maximum atomic E-state index is 5.70. The van der Waals surface area contributed by atoms with Crippen LogP contribution in [0.4, 0.5) is 11.6 Å². The molecule has 2 heterocycles. The van der Waals surface area contributed by atoms with Gasteiger partial charge < -0.3 is 15.5 Å². The van der Waals surface area contributed by atoms with Gasteiger partial charge >= 0.3 is 0 Å². The zero-order chi connectivity index (χ0) is 11.5. The molecular weight excluding hydrogens is 204 g/mol. The van der Waals surface area contributed by atoms with Crippen molar-refractivity contribution in [1.82, 2.24) is 9.97 Å². The number of aromatic nitrogens is 2. The molecule has 5 heteroatoms. The van der Waals surface area contributed by atoms with Crippen molar-refractivity contribution in [1.29, 1.82) is 0 Å². The number of nitrogen functional groups attached to an aromatic ring is 1. The van der Waals surface area contributed by atoms with Gasteiger partial charge in [-0.2, -0.15) is 0 Å². The molecule has 0 aromatic carbocycles. The van der Waals surface area contributed by atoms with Crippen molar-refractivity contribution in [3.8, 4) is 0 Å². The van der Waals surface area contributed by atoms with E-state index in [1.807, 2.05) is 26.0 Å². The van der Waals surface area contributed by atoms with E-state index in [2.05, 4.69) is 15.3 Å². The second kappa shape index (κ2) is 4.22. The molecule has 0 saturated carbocycles. The minimum absolute atomic E-state index is 0.0444. The summed E-state index contributed by atoms with van der Waals surface area (Å²) >= 11 is 0. The molecule has 2 aromatic rings. The van der Waals surface area contributed by atoms with E-state index < -0.39 is 0 Å². The summed E-state index contributed by atoms with van der Waals surface area (Å²) in [5, 5.41) is 3.23. The van der Waals surface area contributed by atoms with Crippen molar-refractivity contribution >= 4 is 11.6 Å². The van der Waals surface area contributed by atoms with Crippen LogP contribution >= 0.6 is 0 Å². The number of hydrogen-bond donors (Lipinski definition) is 2. The summed E-state index contributed by atoms with van der Waals surface area (Å²) in [6.45, 7) is 3.88. The Morgan fingerprint density at radius 2 is 2.25 bits per heavy atom. The van der Waals surface area contributed by atoms with E-state index in [0.717, 1.165) is 17.1 Å². The summed E-state index contributed by atoms with van der Waals surface area (Å²) in [5.41, 5.74) is 6.55. The fraction of sp³-hybridized carbons (Fsp3) is 0.273. The van der Waals surface area contributed by atoms with Crippen LogP contribution in [-0.4, -0.2) is 9.97 Å². The Labute approximate surface area is 93.7 Å². The highest BCUT2D eigenvalue weighted by atomic mass is 16.3. The highest BCUT2D eigenvalue weighted by Crippen LogP contribution is 2.21. The highest BCUT2D eigenvalue weighted by molar-refractivity contribution is 5.54. The molecule has 5 nitrogen and oxygen atoms in total. The van der Waals surface area contributed by atoms with Gasteiger partial charge in [-0.3, -0.25) is 0 Å². The van der Waals surface area contributed by atoms with Crippen LogP contribution in [0.15, 0.2) is 29.1 Å². The van der Waals surface area contributed by atoms with Gasteiger partial charge in [0, 0.05) is 5.56 Å². The van der Waals surface area contributed by atoms with E-state index in [1.54, 1.807) is 6.26 Å². The van der Waals surface area contributed by atoms with E-state index >= 15 is 0 Å². The van der Waals surface area contributed by atoms with Crippen LogP contribution in [0.2, 0.25) is 0 Å². The lowest BCUT2D eigenvalue weighted by Gasteiger charge is -2.14. The first-order chi connectivity index (χ1) is 7.68. The second-order valence-electron chi connectivity index (χ2n) is 3.61. The van der Waals surface area contributed by atoms with Crippen LogP contribution in [0.25, 0.3) is 0 Å². The van der Waals surface area contributed by atoms with E-state index in [9.17, 15) is 0 Å². The average Bonchev–Trinajstić information content (AvgIpc) is 2.78. The molecule has 2 rings (SSSR count). The SMILES string of the molecule is Cc1c(N)ncnc1NC(C)c1ccco1. The average molecular weight is 218 g/mol. The molecule has 0 aliphatic carbocycles. The topological polar surface area (TPSA) is 77.0 Å². The van der Waals surface area contributed by atoms with Crippen molar-refractivity contribution in [3.05, 3.63) is 36.0 Å². The summed E-state index contributed by atoms with van der Waals surface area (Å²) in [4.78, 5) is 8.06. The van der Waals surface area contributed by atoms with Gasteiger partial charge in [-0.15, -0.1) is 0 Å². The third-order valence-corrected chi connectivity index (χ3v) is 2.45. The zero-order valence-electron chi connectivity index (χ0n) is 9.27. The van der Waals surface area contributed by atoms with Gasteiger partial charge in [0.15, 0.2) is 0 Å². The lowest BCUT2D eigenvalue weighted by molar-refractivity contribution is 0.490. The fourth-order valence-electron chi connectivity index (χ4n) is 1.42. The molecule has 1 unspecified atom stereocenters. The smallest absolute Gasteiger partial charge is 0.135 e. The number of hydrogen-bond acceptors (Lipinski definition) is 5. The maximum Gasteiger partial charge on any atom is 0.135 e. The Hall–Kier alpha value is -2.04. The van der Waals surface area contributed by atoms with Gasteiger partial charge in [0.2, 0.25) is 0 Å². The van der Waals surface area contributed by atoms with Gasteiger partial charge in [0.1, 0.15) is 23.7 Å². The number of nitrogens with one attached hydrogen (secondary N) is 1. The summed E-state index contributed by atoms with van der Waals surface area (Å²) in [7, 11) is 0. The predicted molar refractivity (Wildman–Crippen MR) is 61.9 cm³/mol. The molecular formula is C11H14N4O. The van der Waals surface area contributed by atoms with Gasteiger partial charge in [-0.05, 0) is 26.0 Å². The summed E-state index contributed by atoms with van der Waals surface area (Å²) in [5.74, 6) is 2.08. The fourth-order valence-corrected chi connectivity index (χ4v) is 1.42. The number of nitrogens with two attached hydrogens (primary N) is 1. The Morgan fingerprint density at radius 3 is 2.94 bits per heavy atom. The number of nitrogens with zero attached hydrogens (tertiary/aromatic N) is 2. The Balaban J connectivity index is 2.18. The van der Waals surface area contributed by atoms with Crippen molar-refractivity contribution in [2.75, 3.05) is 11.1 Å². The molecule has 0 bridgehead atoms. The highest BCUT2D eigenvalue weighted by Gasteiger charge is 2.11. The van der Waals surface area contributed by atoms with Crippen LogP contribution < -0.4 is 11.1 Å². The standard InChI is InChI=1S/C11H14N4O/c1-7-10(12)13-6-14-11(7)15-8(2)9-4-3-5-16-9/h3-6,8H,1-2H3,(H3,12,13,14,15). The first-order valence-electron chi connectivity index (χ1n) is 5.05. The minimum Gasteiger partial charge on any atom is -0.467 e. The zero-order valence-corrected chi connectivity index (χ0v) is 9.27. The summed E-state index contributed by atoms with van der Waals surface area (Å²) in [6.07, 6.45) is 3.09. The second-order valence-corrected chi connectivity index (χ2v) is 3.61. The number of rotatable bonds is 3. The molecule has 0 aliphatic heterocycles. The van der Waals surface area contributed by atoms with Crippen molar-refractivity contribution < 1.29 is 4.42 Å². The Morgan fingerprint density at radius 1 is 1.44 bits per heavy atom. The van der Waals surface area contributed by atoms with E-state index in [4.69, 9.17) is 10.2 Å². The molecule has 0 spiro atoms. The Bertz CT molecular complexity index is 467. The van der Waals surface area contributed by atoms with Gasteiger partial charge in [0.25, 0.3) is 0 Å². The van der Waals surface area contributed by atoms with Gasteiger partial charge in [0.05, 0.1) is 12.3 Å². The van der Waals surface area contributed by atoms with Crippen molar-refractivity contribution in [2.45, 2.75) is 19.9 Å². The predicted octanol–water partition coefficient (Wildman–Crippen LogP) is 2.13.